The van der Waals surface area contributed by atoms with Crippen molar-refractivity contribution in [2.45, 2.75) is 39.5 Å². The Balaban J connectivity index is 4.27. The molecule has 0 spiro atoms. The first kappa shape index (κ1) is 39.1. The van der Waals surface area contributed by atoms with Gasteiger partial charge in [0.2, 0.25) is 0 Å². The van der Waals surface area contributed by atoms with Crippen LogP contribution in [0.25, 0.3) is 0 Å². The number of rotatable bonds is 31. The van der Waals surface area contributed by atoms with Crippen molar-refractivity contribution in [2.75, 3.05) is 131 Å². The molecule has 0 atom stereocenters. The molecule has 0 unspecified atom stereocenters. The zero-order chi connectivity index (χ0) is 29.5. The topological polar surface area (TPSA) is 112 Å². The third kappa shape index (κ3) is 24.8. The quantitative estimate of drug-likeness (QED) is 0.0704. The molecule has 0 saturated carbocycles. The monoisotopic (exact) mass is 574 g/mol. The van der Waals surface area contributed by atoms with Crippen molar-refractivity contribution in [3.05, 3.63) is 24.3 Å². The highest BCUT2D eigenvalue weighted by Gasteiger charge is 2.08. The van der Waals surface area contributed by atoms with Crippen molar-refractivity contribution in [3.63, 3.8) is 0 Å². The summed E-state index contributed by atoms with van der Waals surface area (Å²) in [6.45, 7) is 16.7. The summed E-state index contributed by atoms with van der Waals surface area (Å²) < 4.78 is 11.7. The van der Waals surface area contributed by atoms with Crippen molar-refractivity contribution in [3.8, 4) is 0 Å². The van der Waals surface area contributed by atoms with Gasteiger partial charge in [-0.2, -0.15) is 0 Å². The Morgan fingerprint density at radius 1 is 0.425 bits per heavy atom. The number of hydrogen-bond donors (Lipinski definition) is 4. The number of allylic oxidation sites excluding steroid dienone is 2. The molecule has 0 amide bonds. The molecule has 0 aromatic heterocycles. The Hall–Kier alpha value is -0.920. The largest absolute Gasteiger partial charge is 0.395 e. The highest BCUT2D eigenvalue weighted by Crippen LogP contribution is 1.99. The number of ether oxygens (including phenoxy) is 2. The summed E-state index contributed by atoms with van der Waals surface area (Å²) in [4.78, 5) is 8.96. The van der Waals surface area contributed by atoms with E-state index in [1.165, 1.54) is 0 Å². The fourth-order valence-corrected chi connectivity index (χ4v) is 4.35. The molecule has 40 heavy (non-hydrogen) atoms. The van der Waals surface area contributed by atoms with E-state index in [0.29, 0.717) is 52.6 Å². The van der Waals surface area contributed by atoms with E-state index < -0.39 is 0 Å². The van der Waals surface area contributed by atoms with Crippen LogP contribution in [0.5, 0.6) is 0 Å². The lowest BCUT2D eigenvalue weighted by atomic mass is 10.3. The predicted octanol–water partition coefficient (Wildman–Crippen LogP) is 0.909. The standard InChI is InChI=1S/C30H62N4O6/c1-3-5-7-11-31(13-9-15-33(17-23-35)18-24-36)21-27-39-29-30-40-28-22-32(12-8-6-4-2)14-10-16-34(19-25-37)20-26-38/h5-8,35-38H,3-4,9-30H2,1-2H3. The van der Waals surface area contributed by atoms with E-state index in [2.05, 4.69) is 57.8 Å². The third-order valence-corrected chi connectivity index (χ3v) is 6.57. The highest BCUT2D eigenvalue weighted by molar-refractivity contribution is 4.84. The Morgan fingerprint density at radius 3 is 1.10 bits per heavy atom. The summed E-state index contributed by atoms with van der Waals surface area (Å²) in [5, 5.41) is 36.8. The normalized spacial score (nSPS) is 12.6. The van der Waals surface area contributed by atoms with E-state index in [1.807, 2.05) is 0 Å². The van der Waals surface area contributed by atoms with Crippen LogP contribution < -0.4 is 0 Å². The Labute approximate surface area is 244 Å². The summed E-state index contributed by atoms with van der Waals surface area (Å²) in [6.07, 6.45) is 12.8. The van der Waals surface area contributed by atoms with Crippen LogP contribution in [0, 0.1) is 0 Å². The van der Waals surface area contributed by atoms with Gasteiger partial charge in [-0.1, -0.05) is 38.2 Å². The summed E-state index contributed by atoms with van der Waals surface area (Å²) in [5.41, 5.74) is 0. The second-order valence-electron chi connectivity index (χ2n) is 9.87. The smallest absolute Gasteiger partial charge is 0.0701 e. The molecule has 0 aromatic carbocycles. The van der Waals surface area contributed by atoms with Gasteiger partial charge in [-0.15, -0.1) is 0 Å². The molecule has 4 N–H and O–H groups in total. The molecule has 0 aliphatic rings. The van der Waals surface area contributed by atoms with E-state index >= 15 is 0 Å². The lowest BCUT2D eigenvalue weighted by Gasteiger charge is -2.24. The summed E-state index contributed by atoms with van der Waals surface area (Å²) in [5.74, 6) is 0. The molecule has 10 heteroatoms. The van der Waals surface area contributed by atoms with Gasteiger partial charge >= 0.3 is 0 Å². The van der Waals surface area contributed by atoms with E-state index in [-0.39, 0.29) is 26.4 Å². The third-order valence-electron chi connectivity index (χ3n) is 6.57. The highest BCUT2D eigenvalue weighted by atomic mass is 16.5. The molecule has 0 aliphatic heterocycles. The average molecular weight is 575 g/mol. The van der Waals surface area contributed by atoms with Crippen LogP contribution in [0.4, 0.5) is 0 Å². The first-order valence-corrected chi connectivity index (χ1v) is 15.4. The van der Waals surface area contributed by atoms with E-state index in [1.54, 1.807) is 0 Å². The van der Waals surface area contributed by atoms with Crippen LogP contribution in [0.3, 0.4) is 0 Å². The SMILES string of the molecule is CCC=CCN(CCCN(CCO)CCO)CCOCCOCCN(CC=CCC)CCCN(CCO)CCO. The summed E-state index contributed by atoms with van der Waals surface area (Å²) in [6, 6.07) is 0. The van der Waals surface area contributed by atoms with Crippen LogP contribution in [0.1, 0.15) is 39.5 Å². The minimum atomic E-state index is 0.113. The molecule has 0 rings (SSSR count). The number of aliphatic hydroxyl groups is 4. The maximum atomic E-state index is 9.20. The number of hydrogen-bond acceptors (Lipinski definition) is 10. The van der Waals surface area contributed by atoms with Gasteiger partial charge in [-0.25, -0.2) is 0 Å². The molecule has 0 fully saturated rings. The molecule has 238 valence electrons. The molecule has 0 bridgehead atoms. The molecule has 0 heterocycles. The van der Waals surface area contributed by atoms with Crippen molar-refractivity contribution >= 4 is 0 Å². The maximum absolute atomic E-state index is 9.20. The molecule has 0 aliphatic carbocycles. The van der Waals surface area contributed by atoms with Gasteiger partial charge in [0.15, 0.2) is 0 Å². The lowest BCUT2D eigenvalue weighted by molar-refractivity contribution is 0.0322. The Morgan fingerprint density at radius 2 is 0.775 bits per heavy atom. The minimum Gasteiger partial charge on any atom is -0.395 e. The summed E-state index contributed by atoms with van der Waals surface area (Å²) in [7, 11) is 0. The number of aliphatic hydroxyl groups excluding tert-OH is 4. The second-order valence-corrected chi connectivity index (χ2v) is 9.87. The Kier molecular flexibility index (Phi) is 30.3. The van der Waals surface area contributed by atoms with Crippen LogP contribution in [0.15, 0.2) is 24.3 Å². The van der Waals surface area contributed by atoms with Crippen LogP contribution >= 0.6 is 0 Å². The summed E-state index contributed by atoms with van der Waals surface area (Å²) >= 11 is 0. The fraction of sp³-hybridized carbons (Fsp3) is 0.867. The first-order chi connectivity index (χ1) is 19.6. The van der Waals surface area contributed by atoms with Gasteiger partial charge in [0.25, 0.3) is 0 Å². The van der Waals surface area contributed by atoms with Crippen molar-refractivity contribution in [2.24, 2.45) is 0 Å². The van der Waals surface area contributed by atoms with E-state index in [9.17, 15) is 20.4 Å². The fourth-order valence-electron chi connectivity index (χ4n) is 4.35. The zero-order valence-corrected chi connectivity index (χ0v) is 25.7. The van der Waals surface area contributed by atoms with Crippen molar-refractivity contribution < 1.29 is 29.9 Å². The van der Waals surface area contributed by atoms with Gasteiger partial charge in [0.1, 0.15) is 0 Å². The zero-order valence-electron chi connectivity index (χ0n) is 25.7. The molecule has 10 nitrogen and oxygen atoms in total. The number of nitrogens with zero attached hydrogens (tertiary/aromatic N) is 4. The molecule has 0 aromatic rings. The van der Waals surface area contributed by atoms with Gasteiger partial charge < -0.3 is 29.9 Å². The lowest BCUT2D eigenvalue weighted by Crippen LogP contribution is -2.35. The molecule has 0 saturated heterocycles. The van der Waals surface area contributed by atoms with E-state index in [4.69, 9.17) is 9.47 Å². The van der Waals surface area contributed by atoms with Crippen LogP contribution in [0.2, 0.25) is 0 Å². The minimum absolute atomic E-state index is 0.113. The van der Waals surface area contributed by atoms with E-state index in [0.717, 1.165) is 78.0 Å². The van der Waals surface area contributed by atoms with Gasteiger partial charge in [-0.05, 0) is 51.9 Å². The molecular weight excluding hydrogens is 512 g/mol. The maximum Gasteiger partial charge on any atom is 0.0701 e. The van der Waals surface area contributed by atoms with Gasteiger partial charge in [0.05, 0.1) is 52.9 Å². The predicted molar refractivity (Wildman–Crippen MR) is 164 cm³/mol. The molecular formula is C30H62N4O6. The van der Waals surface area contributed by atoms with Gasteiger partial charge in [-0.3, -0.25) is 19.6 Å². The van der Waals surface area contributed by atoms with Gasteiger partial charge in [0, 0.05) is 52.4 Å². The first-order valence-electron chi connectivity index (χ1n) is 15.4. The van der Waals surface area contributed by atoms with Crippen LogP contribution in [-0.4, -0.2) is 171 Å². The Bertz CT molecular complexity index is 510. The van der Waals surface area contributed by atoms with Crippen molar-refractivity contribution in [1.82, 2.24) is 19.6 Å². The molecule has 0 radical (unpaired) electrons. The van der Waals surface area contributed by atoms with Crippen LogP contribution in [-0.2, 0) is 9.47 Å². The second kappa shape index (κ2) is 31.0. The average Bonchev–Trinajstić information content (AvgIpc) is 2.94. The van der Waals surface area contributed by atoms with Crippen molar-refractivity contribution in [1.29, 1.82) is 0 Å².